The zero-order valence-electron chi connectivity index (χ0n) is 21.4. The second-order valence-electron chi connectivity index (χ2n) is 6.92. The van der Waals surface area contributed by atoms with E-state index in [0.717, 1.165) is 24.2 Å². The molecule has 0 saturated carbocycles. The lowest BCUT2D eigenvalue weighted by Crippen LogP contribution is -2.10. The molecule has 0 aliphatic heterocycles. The van der Waals surface area contributed by atoms with Gasteiger partial charge in [0.2, 0.25) is 5.95 Å². The first kappa shape index (κ1) is 29.4. The van der Waals surface area contributed by atoms with Crippen LogP contribution in [0.4, 0.5) is 5.95 Å². The van der Waals surface area contributed by atoms with Crippen LogP contribution in [-0.2, 0) is 6.42 Å². The summed E-state index contributed by atoms with van der Waals surface area (Å²) in [5.74, 6) is 2.32. The van der Waals surface area contributed by atoms with Crippen molar-refractivity contribution in [2.45, 2.75) is 39.4 Å². The lowest BCUT2D eigenvalue weighted by Gasteiger charge is -2.17. The van der Waals surface area contributed by atoms with Gasteiger partial charge in [-0.1, -0.05) is 38.4 Å². The summed E-state index contributed by atoms with van der Waals surface area (Å²) in [7, 11) is 4.23. The molecule has 4 aromatic rings. The van der Waals surface area contributed by atoms with E-state index in [1.807, 2.05) is 49.6 Å². The number of aliphatic hydroxyl groups is 1. The number of ether oxygens (including phenoxy) is 2. The molecule has 1 atom stereocenters. The van der Waals surface area contributed by atoms with E-state index in [4.69, 9.17) is 26.2 Å². The third-order valence-corrected chi connectivity index (χ3v) is 6.57. The Kier molecular flexibility index (Phi) is 12.0. The van der Waals surface area contributed by atoms with Crippen LogP contribution in [0.15, 0.2) is 30.5 Å². The minimum atomic E-state index is 0.206. The number of para-hydroxylation sites is 1. The van der Waals surface area contributed by atoms with Gasteiger partial charge in [-0.05, 0) is 37.1 Å². The van der Waals surface area contributed by atoms with Gasteiger partial charge in [0, 0.05) is 24.5 Å². The van der Waals surface area contributed by atoms with Crippen molar-refractivity contribution in [2.24, 2.45) is 0 Å². The van der Waals surface area contributed by atoms with Crippen molar-refractivity contribution in [1.82, 2.24) is 29.9 Å². The molecule has 3 aromatic heterocycles. The largest absolute Gasteiger partial charge is 0.494 e. The molecule has 0 aliphatic rings. The summed E-state index contributed by atoms with van der Waals surface area (Å²) in [5.41, 5.74) is 2.26. The molecule has 1 aromatic carbocycles. The van der Waals surface area contributed by atoms with Crippen molar-refractivity contribution in [1.29, 1.82) is 0 Å². The van der Waals surface area contributed by atoms with E-state index in [9.17, 15) is 0 Å². The zero-order valence-corrected chi connectivity index (χ0v) is 23.8. The number of aromatic nitrogens is 6. The smallest absolute Gasteiger partial charge is 0.239 e. The van der Waals surface area contributed by atoms with Gasteiger partial charge >= 0.3 is 0 Å². The maximum absolute atomic E-state index is 7.00. The highest BCUT2D eigenvalue weighted by Crippen LogP contribution is 2.38. The second-order valence-corrected chi connectivity index (χ2v) is 9.91. The summed E-state index contributed by atoms with van der Waals surface area (Å²) in [4.78, 5) is 4.33. The van der Waals surface area contributed by atoms with Crippen molar-refractivity contribution < 1.29 is 14.6 Å². The van der Waals surface area contributed by atoms with Gasteiger partial charge < -0.3 is 14.6 Å². The van der Waals surface area contributed by atoms with Crippen LogP contribution in [-0.4, -0.2) is 61.6 Å². The topological polar surface area (TPSA) is 123 Å². The predicted molar refractivity (Wildman–Crippen MR) is 148 cm³/mol. The number of hydrogen-bond donors (Lipinski definition) is 3. The quantitative estimate of drug-likeness (QED) is 0.233. The van der Waals surface area contributed by atoms with Gasteiger partial charge in [-0.15, -0.1) is 21.5 Å². The highest BCUT2D eigenvalue weighted by Gasteiger charge is 2.24. The van der Waals surface area contributed by atoms with E-state index < -0.39 is 0 Å². The molecule has 3 heterocycles. The molecular formula is C23H32ClN7O3S2. The van der Waals surface area contributed by atoms with Crippen molar-refractivity contribution in [3.63, 3.8) is 0 Å². The number of methoxy groups -OCH3 is 2. The van der Waals surface area contributed by atoms with Gasteiger partial charge in [-0.3, -0.25) is 14.4 Å². The van der Waals surface area contributed by atoms with E-state index in [1.165, 1.54) is 23.3 Å². The fourth-order valence-electron chi connectivity index (χ4n) is 3.14. The van der Waals surface area contributed by atoms with Crippen LogP contribution in [0.25, 0.3) is 17.2 Å². The average molecular weight is 554 g/mol. The number of aryl methyl sites for hydroxylation is 1. The van der Waals surface area contributed by atoms with Crippen LogP contribution < -0.4 is 14.2 Å². The van der Waals surface area contributed by atoms with Crippen molar-refractivity contribution in [2.75, 3.05) is 26.1 Å². The number of anilines is 1. The van der Waals surface area contributed by atoms with E-state index in [-0.39, 0.29) is 5.25 Å². The number of aliphatic hydroxyl groups excluding tert-OH is 1. The molecule has 0 bridgehead atoms. The summed E-state index contributed by atoms with van der Waals surface area (Å²) in [5, 5.41) is 24.3. The van der Waals surface area contributed by atoms with Crippen LogP contribution in [0, 0.1) is 6.92 Å². The summed E-state index contributed by atoms with van der Waals surface area (Å²) < 4.78 is 17.1. The van der Waals surface area contributed by atoms with Gasteiger partial charge in [0.15, 0.2) is 5.82 Å². The number of rotatable bonds is 9. The van der Waals surface area contributed by atoms with Gasteiger partial charge in [0.05, 0.1) is 25.4 Å². The lowest BCUT2D eigenvalue weighted by molar-refractivity contribution is 0.391. The molecule has 36 heavy (non-hydrogen) atoms. The minimum absolute atomic E-state index is 0.206. The van der Waals surface area contributed by atoms with E-state index in [1.54, 1.807) is 20.4 Å². The Morgan fingerprint density at radius 3 is 2.39 bits per heavy atom. The molecule has 0 amide bonds. The van der Waals surface area contributed by atoms with E-state index >= 15 is 0 Å². The number of halogens is 1. The molecule has 0 radical (unpaired) electrons. The van der Waals surface area contributed by atoms with Gasteiger partial charge in [0.1, 0.15) is 27.2 Å². The highest BCUT2D eigenvalue weighted by atomic mass is 35.5. The molecule has 0 unspecified atom stereocenters. The van der Waals surface area contributed by atoms with Crippen LogP contribution in [0.3, 0.4) is 0 Å². The highest BCUT2D eigenvalue weighted by molar-refractivity contribution is 8.01. The minimum Gasteiger partial charge on any atom is -0.494 e. The van der Waals surface area contributed by atoms with Crippen LogP contribution in [0.2, 0.25) is 4.34 Å². The van der Waals surface area contributed by atoms with E-state index in [2.05, 4.69) is 37.0 Å². The van der Waals surface area contributed by atoms with Crippen LogP contribution >= 0.6 is 34.9 Å². The molecule has 10 nitrogen and oxygen atoms in total. The first-order valence-corrected chi connectivity index (χ1v) is 13.2. The van der Waals surface area contributed by atoms with Gasteiger partial charge in [-0.25, -0.2) is 4.98 Å². The number of hydrogen-bond acceptors (Lipinski definition) is 10. The van der Waals surface area contributed by atoms with Crippen molar-refractivity contribution >= 4 is 40.8 Å². The monoisotopic (exact) mass is 553 g/mol. The zero-order chi connectivity index (χ0) is 26.7. The molecule has 4 rings (SSSR count). The lowest BCUT2D eigenvalue weighted by atomic mass is 10.2. The van der Waals surface area contributed by atoms with E-state index in [0.29, 0.717) is 39.0 Å². The fraction of sp³-hybridized carbons (Fsp3) is 0.391. The average Bonchev–Trinajstić information content (AvgIpc) is 3.64. The summed E-state index contributed by atoms with van der Waals surface area (Å²) in [6.45, 7) is 8.04. The number of nitrogens with one attached hydrogen (secondary N) is 2. The summed E-state index contributed by atoms with van der Waals surface area (Å²) in [6.07, 6.45) is 2.45. The number of benzene rings is 1. The number of aromatic amines is 1. The predicted octanol–water partition coefficient (Wildman–Crippen LogP) is 5.42. The molecular weight excluding hydrogens is 522 g/mol. The molecule has 0 aliphatic carbocycles. The normalized spacial score (nSPS) is 11.0. The number of H-pyrrole nitrogens is 1. The first-order valence-electron chi connectivity index (χ1n) is 11.2. The third-order valence-electron chi connectivity index (χ3n) is 4.56. The van der Waals surface area contributed by atoms with Crippen LogP contribution in [0.1, 0.15) is 31.5 Å². The molecule has 0 spiro atoms. The molecule has 0 saturated heterocycles. The standard InChI is InChI=1S/C20H22ClN7O2S2.C2H6.CH4O/c1-11-8-13(24-23-11)19-25-26-20(27-32-12(2)9-17-22-10-16(21)31-17)28(19)18-14(29-3)6-5-7-15(18)30-4;2*1-2/h5-8,10,12H,9H2,1-4H3,(H,23,24)(H,26,27);1-2H3;2H,1H3/t12-;;/m1../s1. The third kappa shape index (κ3) is 7.12. The molecule has 3 N–H and O–H groups in total. The molecule has 13 heteroatoms. The Morgan fingerprint density at radius 1 is 1.19 bits per heavy atom. The Morgan fingerprint density at radius 2 is 1.86 bits per heavy atom. The summed E-state index contributed by atoms with van der Waals surface area (Å²) in [6, 6.07) is 7.51. The van der Waals surface area contributed by atoms with Crippen LogP contribution in [0.5, 0.6) is 11.5 Å². The number of nitrogens with zero attached hydrogens (tertiary/aromatic N) is 5. The van der Waals surface area contributed by atoms with Gasteiger partial charge in [0.25, 0.3) is 0 Å². The first-order chi connectivity index (χ1) is 17.5. The van der Waals surface area contributed by atoms with Crippen molar-refractivity contribution in [3.05, 3.63) is 45.5 Å². The second kappa shape index (κ2) is 14.7. The maximum Gasteiger partial charge on any atom is 0.239 e. The molecule has 196 valence electrons. The SMILES string of the molecule is CC.CO.COc1cccc(OC)c1-n1c(NS[C@H](C)Cc2ncc(Cl)s2)nnc1-c1cc(C)[nH]n1. The Hall–Kier alpha value is -2.80. The molecule has 0 fully saturated rings. The Labute approximate surface area is 224 Å². The fourth-order valence-corrected chi connectivity index (χ4v) is 5.01. The van der Waals surface area contributed by atoms with Crippen molar-refractivity contribution in [3.8, 4) is 28.7 Å². The Balaban J connectivity index is 0.00000109. The van der Waals surface area contributed by atoms with Gasteiger partial charge in [-0.2, -0.15) is 5.10 Å². The number of thiazole rings is 1. The summed E-state index contributed by atoms with van der Waals surface area (Å²) >= 11 is 9.02. The Bertz CT molecular complexity index is 1190. The maximum atomic E-state index is 7.00.